The van der Waals surface area contributed by atoms with Gasteiger partial charge in [0, 0.05) is 5.92 Å². The van der Waals surface area contributed by atoms with E-state index in [9.17, 15) is 31.4 Å². The van der Waals surface area contributed by atoms with E-state index in [-0.39, 0.29) is 18.1 Å². The predicted octanol–water partition coefficient (Wildman–Crippen LogP) is 4.60. The quantitative estimate of drug-likeness (QED) is 0.809. The Morgan fingerprint density at radius 3 is 1.65 bits per heavy atom. The van der Waals surface area contributed by atoms with Crippen molar-refractivity contribution in [1.82, 2.24) is 0 Å². The third-order valence-electron chi connectivity index (χ3n) is 3.13. The fourth-order valence-corrected chi connectivity index (χ4v) is 1.82. The highest BCUT2D eigenvalue weighted by molar-refractivity contribution is 5.35. The molecule has 7 heteroatoms. The molecule has 1 nitrogen and oxygen atoms in total. The van der Waals surface area contributed by atoms with Gasteiger partial charge in [-0.15, -0.1) is 0 Å². The van der Waals surface area contributed by atoms with Gasteiger partial charge < -0.3 is 5.11 Å². The topological polar surface area (TPSA) is 20.2 Å². The molecule has 0 aliphatic rings. The van der Waals surface area contributed by atoms with E-state index in [1.54, 1.807) is 6.92 Å². The van der Waals surface area contributed by atoms with Crippen molar-refractivity contribution in [3.8, 4) is 0 Å². The fourth-order valence-electron chi connectivity index (χ4n) is 1.82. The average molecular weight is 300 g/mol. The summed E-state index contributed by atoms with van der Waals surface area (Å²) in [5, 5.41) is 9.60. The molecule has 20 heavy (non-hydrogen) atoms. The Hall–Kier alpha value is -1.24. The minimum Gasteiger partial charge on any atom is -0.393 e. The van der Waals surface area contributed by atoms with Crippen LogP contribution < -0.4 is 0 Å². The summed E-state index contributed by atoms with van der Waals surface area (Å²) in [6, 6.07) is 1.38. The van der Waals surface area contributed by atoms with E-state index in [1.807, 2.05) is 0 Å². The number of aliphatic hydroxyl groups excluding tert-OH is 1. The summed E-state index contributed by atoms with van der Waals surface area (Å²) in [7, 11) is 0. The van der Waals surface area contributed by atoms with Crippen LogP contribution in [0.15, 0.2) is 18.2 Å². The zero-order chi connectivity index (χ0) is 15.7. The molecule has 1 aromatic rings. The van der Waals surface area contributed by atoms with Gasteiger partial charge in [0.25, 0.3) is 0 Å². The zero-order valence-electron chi connectivity index (χ0n) is 10.8. The lowest BCUT2D eigenvalue weighted by atomic mass is 9.91. The van der Waals surface area contributed by atoms with Crippen molar-refractivity contribution in [2.45, 2.75) is 44.6 Å². The molecule has 2 unspecified atom stereocenters. The second-order valence-corrected chi connectivity index (χ2v) is 4.60. The van der Waals surface area contributed by atoms with E-state index in [0.717, 1.165) is 0 Å². The SMILES string of the molecule is CCC(O)C(C)c1cc(C(F)(F)F)cc(C(F)(F)F)c1. The molecule has 0 saturated carbocycles. The van der Waals surface area contributed by atoms with Crippen LogP contribution in [0.3, 0.4) is 0 Å². The van der Waals surface area contributed by atoms with Gasteiger partial charge >= 0.3 is 12.4 Å². The Morgan fingerprint density at radius 2 is 1.35 bits per heavy atom. The summed E-state index contributed by atoms with van der Waals surface area (Å²) in [5.41, 5.74) is -2.91. The molecule has 0 fully saturated rings. The van der Waals surface area contributed by atoms with Crippen molar-refractivity contribution in [3.05, 3.63) is 34.9 Å². The Morgan fingerprint density at radius 1 is 0.950 bits per heavy atom. The molecule has 0 aliphatic heterocycles. The lowest BCUT2D eigenvalue weighted by molar-refractivity contribution is -0.143. The van der Waals surface area contributed by atoms with E-state index < -0.39 is 35.5 Å². The predicted molar refractivity (Wildman–Crippen MR) is 61.2 cm³/mol. The van der Waals surface area contributed by atoms with Crippen molar-refractivity contribution >= 4 is 0 Å². The maximum atomic E-state index is 12.7. The zero-order valence-corrected chi connectivity index (χ0v) is 10.8. The lowest BCUT2D eigenvalue weighted by Crippen LogP contribution is -2.17. The van der Waals surface area contributed by atoms with Gasteiger partial charge in [-0.05, 0) is 30.2 Å². The molecular weight excluding hydrogens is 286 g/mol. The van der Waals surface area contributed by atoms with Crippen LogP contribution in [0, 0.1) is 0 Å². The highest BCUT2D eigenvalue weighted by Crippen LogP contribution is 2.38. The monoisotopic (exact) mass is 300 g/mol. The third-order valence-corrected chi connectivity index (χ3v) is 3.13. The fraction of sp³-hybridized carbons (Fsp3) is 0.538. The molecule has 2 atom stereocenters. The second-order valence-electron chi connectivity index (χ2n) is 4.60. The molecule has 114 valence electrons. The normalized spacial score (nSPS) is 16.1. The summed E-state index contributed by atoms with van der Waals surface area (Å²) in [4.78, 5) is 0. The molecule has 1 rings (SSSR count). The average Bonchev–Trinajstić information content (AvgIpc) is 2.34. The van der Waals surface area contributed by atoms with Gasteiger partial charge in [-0.25, -0.2) is 0 Å². The number of rotatable bonds is 3. The Kier molecular flexibility index (Phi) is 4.74. The molecule has 1 aromatic carbocycles. The first kappa shape index (κ1) is 16.8. The minimum atomic E-state index is -4.87. The van der Waals surface area contributed by atoms with Crippen LogP contribution in [0.5, 0.6) is 0 Å². The van der Waals surface area contributed by atoms with E-state index in [0.29, 0.717) is 12.1 Å². The molecule has 0 aromatic heterocycles. The maximum Gasteiger partial charge on any atom is 0.416 e. The second kappa shape index (κ2) is 5.63. The highest BCUT2D eigenvalue weighted by atomic mass is 19.4. The van der Waals surface area contributed by atoms with Crippen molar-refractivity contribution in [3.63, 3.8) is 0 Å². The molecule has 0 saturated heterocycles. The number of benzene rings is 1. The number of hydrogen-bond donors (Lipinski definition) is 1. The van der Waals surface area contributed by atoms with E-state index in [4.69, 9.17) is 0 Å². The molecule has 0 spiro atoms. The van der Waals surface area contributed by atoms with E-state index >= 15 is 0 Å². The van der Waals surface area contributed by atoms with Gasteiger partial charge in [0.1, 0.15) is 0 Å². The van der Waals surface area contributed by atoms with E-state index in [2.05, 4.69) is 0 Å². The van der Waals surface area contributed by atoms with Gasteiger partial charge in [-0.3, -0.25) is 0 Å². The standard InChI is InChI=1S/C13H14F6O/c1-3-11(20)7(2)8-4-9(12(14,15)16)6-10(5-8)13(17,18)19/h4-7,11,20H,3H2,1-2H3. The molecular formula is C13H14F6O. The first-order chi connectivity index (χ1) is 8.96. The molecule has 0 heterocycles. The Balaban J connectivity index is 3.38. The summed E-state index contributed by atoms with van der Waals surface area (Å²) in [6.07, 6.45) is -10.5. The first-order valence-electron chi connectivity index (χ1n) is 5.94. The number of aliphatic hydroxyl groups is 1. The molecule has 0 aliphatic carbocycles. The van der Waals surface area contributed by atoms with Crippen molar-refractivity contribution < 1.29 is 31.4 Å². The van der Waals surface area contributed by atoms with Crippen molar-refractivity contribution in [1.29, 1.82) is 0 Å². The van der Waals surface area contributed by atoms with Gasteiger partial charge in [-0.2, -0.15) is 26.3 Å². The largest absolute Gasteiger partial charge is 0.416 e. The summed E-state index contributed by atoms with van der Waals surface area (Å²) in [5.74, 6) is -0.816. The Labute approximate surface area is 112 Å². The summed E-state index contributed by atoms with van der Waals surface area (Å²) < 4.78 is 75.9. The Bertz CT molecular complexity index is 431. The first-order valence-corrected chi connectivity index (χ1v) is 5.94. The molecule has 0 radical (unpaired) electrons. The van der Waals surface area contributed by atoms with Gasteiger partial charge in [0.2, 0.25) is 0 Å². The third kappa shape index (κ3) is 3.88. The number of halogens is 6. The van der Waals surface area contributed by atoms with Crippen molar-refractivity contribution in [2.75, 3.05) is 0 Å². The van der Waals surface area contributed by atoms with Crippen LogP contribution in [0.2, 0.25) is 0 Å². The van der Waals surface area contributed by atoms with Crippen LogP contribution in [-0.2, 0) is 12.4 Å². The number of hydrogen-bond acceptors (Lipinski definition) is 1. The molecule has 0 bridgehead atoms. The minimum absolute atomic E-state index is 0.0779. The number of alkyl halides is 6. The highest BCUT2D eigenvalue weighted by Gasteiger charge is 2.37. The van der Waals surface area contributed by atoms with Gasteiger partial charge in [0.05, 0.1) is 17.2 Å². The summed E-state index contributed by atoms with van der Waals surface area (Å²) in [6.45, 7) is 2.99. The van der Waals surface area contributed by atoms with Crippen LogP contribution in [-0.4, -0.2) is 11.2 Å². The lowest BCUT2D eigenvalue weighted by Gasteiger charge is -2.21. The van der Waals surface area contributed by atoms with Crippen LogP contribution in [0.25, 0.3) is 0 Å². The van der Waals surface area contributed by atoms with Gasteiger partial charge in [0.15, 0.2) is 0 Å². The van der Waals surface area contributed by atoms with Gasteiger partial charge in [-0.1, -0.05) is 13.8 Å². The van der Waals surface area contributed by atoms with Crippen LogP contribution >= 0.6 is 0 Å². The molecule has 0 amide bonds. The van der Waals surface area contributed by atoms with E-state index in [1.165, 1.54) is 6.92 Å². The summed E-state index contributed by atoms with van der Waals surface area (Å²) >= 11 is 0. The smallest absolute Gasteiger partial charge is 0.393 e. The maximum absolute atomic E-state index is 12.7. The van der Waals surface area contributed by atoms with Crippen LogP contribution in [0.1, 0.15) is 42.9 Å². The van der Waals surface area contributed by atoms with Crippen molar-refractivity contribution in [2.24, 2.45) is 0 Å². The molecule has 1 N–H and O–H groups in total. The van der Waals surface area contributed by atoms with Crippen LogP contribution in [0.4, 0.5) is 26.3 Å².